The third-order valence-corrected chi connectivity index (χ3v) is 2.90. The van der Waals surface area contributed by atoms with E-state index in [0.29, 0.717) is 6.54 Å². The van der Waals surface area contributed by atoms with Gasteiger partial charge in [-0.15, -0.1) is 0 Å². The lowest BCUT2D eigenvalue weighted by Crippen LogP contribution is -2.48. The largest absolute Gasteiger partial charge is 0.480 e. The van der Waals surface area contributed by atoms with E-state index in [1.165, 1.54) is 0 Å². The van der Waals surface area contributed by atoms with Crippen molar-refractivity contribution < 1.29 is 19.4 Å². The fourth-order valence-corrected chi connectivity index (χ4v) is 1.27. The van der Waals surface area contributed by atoms with Crippen LogP contribution in [-0.4, -0.2) is 54.9 Å². The molecule has 0 aliphatic heterocycles. The Morgan fingerprint density at radius 1 is 1.39 bits per heavy atom. The van der Waals surface area contributed by atoms with Crippen molar-refractivity contribution in [2.45, 2.75) is 33.7 Å². The summed E-state index contributed by atoms with van der Waals surface area (Å²) in [6, 6.07) is -0.0891. The van der Waals surface area contributed by atoms with E-state index in [-0.39, 0.29) is 30.7 Å². The molecular weight excluding hydrogens is 236 g/mol. The van der Waals surface area contributed by atoms with Crippen LogP contribution in [0.15, 0.2) is 0 Å². The van der Waals surface area contributed by atoms with Crippen molar-refractivity contribution in [2.75, 3.05) is 26.8 Å². The molecule has 0 aromatic rings. The van der Waals surface area contributed by atoms with Gasteiger partial charge in [-0.1, -0.05) is 20.8 Å². The molecule has 106 valence electrons. The number of aliphatic carboxylic acids is 1. The zero-order valence-corrected chi connectivity index (χ0v) is 11.8. The summed E-state index contributed by atoms with van der Waals surface area (Å²) in [5, 5.41) is 11.0. The fourth-order valence-electron chi connectivity index (χ4n) is 1.27. The van der Waals surface area contributed by atoms with Gasteiger partial charge in [-0.25, -0.2) is 9.59 Å². The number of nitrogens with one attached hydrogen (secondary N) is 1. The van der Waals surface area contributed by atoms with Crippen molar-refractivity contribution in [3.8, 4) is 0 Å². The second kappa shape index (κ2) is 7.20. The molecule has 0 saturated heterocycles. The van der Waals surface area contributed by atoms with Gasteiger partial charge in [-0.3, -0.25) is 0 Å². The SMILES string of the molecule is CC(N(C)C(=O)NCCOCC(=O)O)C(C)(C)C. The number of carboxylic acids is 1. The molecule has 6 heteroatoms. The number of urea groups is 1. The lowest BCUT2D eigenvalue weighted by Gasteiger charge is -2.35. The molecule has 18 heavy (non-hydrogen) atoms. The average Bonchev–Trinajstić information content (AvgIpc) is 2.24. The summed E-state index contributed by atoms with van der Waals surface area (Å²) in [6.45, 7) is 8.33. The van der Waals surface area contributed by atoms with Crippen LogP contribution < -0.4 is 5.32 Å². The number of amides is 2. The topological polar surface area (TPSA) is 78.9 Å². The molecule has 0 saturated carbocycles. The number of carbonyl (C=O) groups excluding carboxylic acids is 1. The molecule has 1 unspecified atom stereocenters. The second-order valence-electron chi connectivity index (χ2n) is 5.33. The minimum absolute atomic E-state index is 0.00585. The monoisotopic (exact) mass is 260 g/mol. The lowest BCUT2D eigenvalue weighted by molar-refractivity contribution is -0.142. The van der Waals surface area contributed by atoms with E-state index in [4.69, 9.17) is 9.84 Å². The summed E-state index contributed by atoms with van der Waals surface area (Å²) in [5.41, 5.74) is 0.00585. The molecule has 6 nitrogen and oxygen atoms in total. The number of carboxylic acid groups (broad SMARTS) is 1. The van der Waals surface area contributed by atoms with E-state index in [2.05, 4.69) is 26.1 Å². The molecule has 0 aromatic carbocycles. The first-order valence-electron chi connectivity index (χ1n) is 5.96. The molecule has 0 bridgehead atoms. The van der Waals surface area contributed by atoms with E-state index in [1.54, 1.807) is 11.9 Å². The van der Waals surface area contributed by atoms with E-state index in [0.717, 1.165) is 0 Å². The summed E-state index contributed by atoms with van der Waals surface area (Å²) >= 11 is 0. The average molecular weight is 260 g/mol. The number of rotatable bonds is 6. The van der Waals surface area contributed by atoms with Gasteiger partial charge in [0.2, 0.25) is 0 Å². The Morgan fingerprint density at radius 3 is 2.39 bits per heavy atom. The molecule has 0 aromatic heterocycles. The van der Waals surface area contributed by atoms with Gasteiger partial charge in [0.15, 0.2) is 0 Å². The highest BCUT2D eigenvalue weighted by Gasteiger charge is 2.26. The van der Waals surface area contributed by atoms with Gasteiger partial charge in [-0.2, -0.15) is 0 Å². The van der Waals surface area contributed by atoms with Crippen LogP contribution in [-0.2, 0) is 9.53 Å². The third kappa shape index (κ3) is 6.44. The summed E-state index contributed by atoms with van der Waals surface area (Å²) in [4.78, 5) is 23.6. The van der Waals surface area contributed by atoms with Crippen molar-refractivity contribution >= 4 is 12.0 Å². The van der Waals surface area contributed by atoms with Gasteiger partial charge in [0, 0.05) is 19.6 Å². The summed E-state index contributed by atoms with van der Waals surface area (Å²) in [5.74, 6) is -1.01. The van der Waals surface area contributed by atoms with Crippen LogP contribution in [0, 0.1) is 5.41 Å². The first-order chi connectivity index (χ1) is 8.16. The summed E-state index contributed by atoms with van der Waals surface area (Å²) in [6.07, 6.45) is 0. The standard InChI is InChI=1S/C12H24N2O4/c1-9(12(2,3)4)14(5)11(17)13-6-7-18-8-10(15)16/h9H,6-8H2,1-5H3,(H,13,17)(H,15,16). The normalized spacial score (nSPS) is 12.9. The van der Waals surface area contributed by atoms with Gasteiger partial charge in [0.05, 0.1) is 6.61 Å². The number of carbonyl (C=O) groups is 2. The van der Waals surface area contributed by atoms with E-state index in [9.17, 15) is 9.59 Å². The van der Waals surface area contributed by atoms with Crippen LogP contribution in [0.25, 0.3) is 0 Å². The Balaban J connectivity index is 3.92. The molecule has 0 fully saturated rings. The van der Waals surface area contributed by atoms with Crippen LogP contribution in [0.4, 0.5) is 4.79 Å². The minimum atomic E-state index is -1.01. The number of hydrogen-bond donors (Lipinski definition) is 2. The van der Waals surface area contributed by atoms with Crippen molar-refractivity contribution in [1.82, 2.24) is 10.2 Å². The van der Waals surface area contributed by atoms with Crippen LogP contribution in [0.5, 0.6) is 0 Å². The summed E-state index contributed by atoms with van der Waals surface area (Å²) in [7, 11) is 1.74. The highest BCUT2D eigenvalue weighted by atomic mass is 16.5. The molecule has 0 spiro atoms. The quantitative estimate of drug-likeness (QED) is 0.702. The van der Waals surface area contributed by atoms with Crippen LogP contribution in [0.3, 0.4) is 0 Å². The van der Waals surface area contributed by atoms with Crippen molar-refractivity contribution in [1.29, 1.82) is 0 Å². The maximum atomic E-state index is 11.8. The van der Waals surface area contributed by atoms with Crippen molar-refractivity contribution in [2.24, 2.45) is 5.41 Å². The molecule has 0 aliphatic carbocycles. The Labute approximate surface area is 108 Å². The van der Waals surface area contributed by atoms with Crippen LogP contribution >= 0.6 is 0 Å². The highest BCUT2D eigenvalue weighted by Crippen LogP contribution is 2.22. The molecule has 2 N–H and O–H groups in total. The predicted octanol–water partition coefficient (Wildman–Crippen LogP) is 1.16. The van der Waals surface area contributed by atoms with Gasteiger partial charge in [-0.05, 0) is 12.3 Å². The zero-order valence-electron chi connectivity index (χ0n) is 11.8. The predicted molar refractivity (Wildman–Crippen MR) is 68.5 cm³/mol. The van der Waals surface area contributed by atoms with Gasteiger partial charge >= 0.3 is 12.0 Å². The molecule has 2 amide bonds. The van der Waals surface area contributed by atoms with E-state index < -0.39 is 5.97 Å². The maximum Gasteiger partial charge on any atom is 0.329 e. The van der Waals surface area contributed by atoms with Gasteiger partial charge in [0.25, 0.3) is 0 Å². The van der Waals surface area contributed by atoms with Gasteiger partial charge < -0.3 is 20.1 Å². The van der Waals surface area contributed by atoms with Crippen molar-refractivity contribution in [3.05, 3.63) is 0 Å². The number of ether oxygens (including phenoxy) is 1. The number of hydrogen-bond acceptors (Lipinski definition) is 3. The first-order valence-corrected chi connectivity index (χ1v) is 5.96. The molecule has 1 atom stereocenters. The number of nitrogens with zero attached hydrogens (tertiary/aromatic N) is 1. The Morgan fingerprint density at radius 2 is 1.94 bits per heavy atom. The third-order valence-electron chi connectivity index (χ3n) is 2.90. The molecule has 0 radical (unpaired) electrons. The Hall–Kier alpha value is -1.30. The van der Waals surface area contributed by atoms with E-state index >= 15 is 0 Å². The van der Waals surface area contributed by atoms with Crippen LogP contribution in [0.1, 0.15) is 27.7 Å². The Kier molecular flexibility index (Phi) is 6.68. The molecular formula is C12H24N2O4. The maximum absolute atomic E-state index is 11.8. The second-order valence-corrected chi connectivity index (χ2v) is 5.33. The first kappa shape index (κ1) is 16.7. The smallest absolute Gasteiger partial charge is 0.329 e. The highest BCUT2D eigenvalue weighted by molar-refractivity contribution is 5.74. The van der Waals surface area contributed by atoms with Crippen LogP contribution in [0.2, 0.25) is 0 Å². The molecule has 0 rings (SSSR count). The Bertz CT molecular complexity index is 286. The minimum Gasteiger partial charge on any atom is -0.480 e. The molecule has 0 aliphatic rings. The zero-order chi connectivity index (χ0) is 14.3. The van der Waals surface area contributed by atoms with Gasteiger partial charge in [0.1, 0.15) is 6.61 Å². The summed E-state index contributed by atoms with van der Waals surface area (Å²) < 4.78 is 4.82. The fraction of sp³-hybridized carbons (Fsp3) is 0.833. The lowest BCUT2D eigenvalue weighted by atomic mass is 9.87. The van der Waals surface area contributed by atoms with E-state index in [1.807, 2.05) is 6.92 Å². The van der Waals surface area contributed by atoms with Crippen molar-refractivity contribution in [3.63, 3.8) is 0 Å². The molecule has 0 heterocycles.